The van der Waals surface area contributed by atoms with Crippen LogP contribution in [0, 0.1) is 0 Å². The first kappa shape index (κ1) is 47.7. The van der Waals surface area contributed by atoms with Gasteiger partial charge in [-0.3, -0.25) is 0 Å². The van der Waals surface area contributed by atoms with Gasteiger partial charge in [0.1, 0.15) is 0 Å². The van der Waals surface area contributed by atoms with Gasteiger partial charge in [-0.05, 0) is 21.1 Å². The molecular formula is C37H69BS2Si6Ti. The minimum atomic E-state index is -1.52. The van der Waals surface area contributed by atoms with Gasteiger partial charge in [-0.25, -0.2) is 24.3 Å². The summed E-state index contributed by atoms with van der Waals surface area (Å²) in [4.78, 5) is 0. The zero-order chi connectivity index (χ0) is 36.1. The predicted octanol–water partition coefficient (Wildman–Crippen LogP) is 11.8. The molecule has 0 radical (unpaired) electrons. The van der Waals surface area contributed by atoms with Crippen LogP contribution in [0.3, 0.4) is 0 Å². The molecule has 0 nitrogen and oxygen atoms in total. The summed E-state index contributed by atoms with van der Waals surface area (Å²) in [6, 6.07) is 25.4. The van der Waals surface area contributed by atoms with Crippen LogP contribution in [-0.2, 0) is 46.7 Å². The minimum Gasteiger partial charge on any atom is -0.844 e. The van der Waals surface area contributed by atoms with Crippen molar-refractivity contribution in [3.8, 4) is 0 Å². The van der Waals surface area contributed by atoms with Crippen molar-refractivity contribution >= 4 is 84.1 Å². The van der Waals surface area contributed by atoms with E-state index in [1.165, 1.54) is 5.46 Å². The van der Waals surface area contributed by atoms with E-state index in [0.29, 0.717) is 10.3 Å². The Morgan fingerprint density at radius 2 is 0.681 bits per heavy atom. The van der Waals surface area contributed by atoms with Gasteiger partial charge in [0.15, 0.2) is 0 Å². The van der Waals surface area contributed by atoms with Crippen LogP contribution in [0.5, 0.6) is 0 Å². The van der Waals surface area contributed by atoms with Gasteiger partial charge in [0.25, 0.3) is 0 Å². The van der Waals surface area contributed by atoms with Crippen LogP contribution in [0.25, 0.3) is 0 Å². The second-order valence-corrected chi connectivity index (χ2v) is 54.7. The average Bonchev–Trinajstić information content (AvgIpc) is 3.52. The number of hydrogen-bond acceptors (Lipinski definition) is 2. The second-order valence-electron chi connectivity index (χ2n) is 19.9. The molecule has 0 aliphatic carbocycles. The van der Waals surface area contributed by atoms with Crippen LogP contribution in [0.15, 0.2) is 72.8 Å². The predicted molar refractivity (Wildman–Crippen MR) is 239 cm³/mol. The summed E-state index contributed by atoms with van der Waals surface area (Å²) in [5.74, 6) is 0. The molecule has 0 heterocycles. The first-order valence-corrected chi connectivity index (χ1v) is 39.8. The molecule has 0 aliphatic heterocycles. The van der Waals surface area contributed by atoms with E-state index in [1.54, 1.807) is 16.7 Å². The van der Waals surface area contributed by atoms with E-state index in [0.717, 1.165) is 5.16 Å². The van der Waals surface area contributed by atoms with Crippen LogP contribution >= 0.6 is 0 Å². The molecule has 0 saturated heterocycles. The quantitative estimate of drug-likeness (QED) is 0.114. The van der Waals surface area contributed by atoms with Gasteiger partial charge in [-0.1, -0.05) is 141 Å². The normalized spacial score (nSPS) is 13.1. The van der Waals surface area contributed by atoms with Gasteiger partial charge in [-0.15, -0.1) is 5.46 Å². The van der Waals surface area contributed by atoms with Crippen molar-refractivity contribution in [2.75, 3.05) is 0 Å². The van der Waals surface area contributed by atoms with Crippen LogP contribution in [-0.4, -0.2) is 53.7 Å². The molecule has 47 heavy (non-hydrogen) atoms. The molecule has 0 aliphatic rings. The number of hydrogen-bond donors (Lipinski definition) is 0. The molecule has 3 rings (SSSR count). The molecule has 0 bridgehead atoms. The monoisotopic (exact) mass is 804 g/mol. The Labute approximate surface area is 325 Å². The minimum absolute atomic E-state index is 0. The Morgan fingerprint density at radius 3 is 0.830 bits per heavy atom. The van der Waals surface area contributed by atoms with Gasteiger partial charge in [-0.2, -0.15) is 41.7 Å². The summed E-state index contributed by atoms with van der Waals surface area (Å²) >= 11 is 12.2. The molecule has 0 saturated carbocycles. The Balaban J connectivity index is 0.00000161. The Kier molecular flexibility index (Phi) is 18.7. The Bertz CT molecular complexity index is 1130. The molecule has 0 unspecified atom stereocenters. The summed E-state index contributed by atoms with van der Waals surface area (Å²) in [6.45, 7) is 46.8. The summed E-state index contributed by atoms with van der Waals surface area (Å²) < 4.78 is 0. The Hall–Kier alpha value is 0.701. The smallest absolute Gasteiger partial charge is 0.844 e. The van der Waals surface area contributed by atoms with Crippen LogP contribution in [0.1, 0.15) is 32.2 Å². The van der Waals surface area contributed by atoms with Crippen LogP contribution in [0.4, 0.5) is 0 Å². The molecular weight excluding hydrogens is 736 g/mol. The second kappa shape index (κ2) is 18.5. The van der Waals surface area contributed by atoms with Crippen molar-refractivity contribution in [1.29, 1.82) is 0 Å². The van der Waals surface area contributed by atoms with Gasteiger partial charge >= 0.3 is 21.7 Å². The Morgan fingerprint density at radius 1 is 0.447 bits per heavy atom. The fraction of sp³-hybridized carbons (Fsp3) is 0.568. The van der Waals surface area contributed by atoms with Crippen molar-refractivity contribution in [3.63, 3.8) is 0 Å². The third kappa shape index (κ3) is 15.1. The zero-order valence-electron chi connectivity index (χ0n) is 33.6. The molecule has 0 N–H and O–H groups in total. The molecule has 0 amide bonds. The van der Waals surface area contributed by atoms with Crippen molar-refractivity contribution in [2.24, 2.45) is 0 Å². The molecule has 0 fully saturated rings. The molecule has 0 atom stereocenters. The van der Waals surface area contributed by atoms with Crippen molar-refractivity contribution in [1.82, 2.24) is 0 Å². The summed E-state index contributed by atoms with van der Waals surface area (Å²) in [7, 11) is -9.00. The van der Waals surface area contributed by atoms with E-state index in [1.807, 2.05) is 60.7 Å². The van der Waals surface area contributed by atoms with Gasteiger partial charge in [0.05, 0.1) is 0 Å². The number of benzene rings is 1. The maximum atomic E-state index is 6.10. The molecule has 10 heteroatoms. The molecule has 3 aromatic rings. The summed E-state index contributed by atoms with van der Waals surface area (Å²) in [5, 5.41) is 1.82. The van der Waals surface area contributed by atoms with E-state index in [2.05, 4.69) is 130 Å². The molecule has 0 aromatic heterocycles. The third-order valence-corrected chi connectivity index (χ3v) is 37.1. The van der Waals surface area contributed by atoms with Crippen molar-refractivity contribution in [3.05, 3.63) is 89.5 Å². The van der Waals surface area contributed by atoms with Crippen LogP contribution < -0.4 is 5.46 Å². The third-order valence-electron chi connectivity index (χ3n) is 8.76. The fourth-order valence-electron chi connectivity index (χ4n) is 9.04. The van der Waals surface area contributed by atoms with Crippen molar-refractivity contribution in [2.45, 2.75) is 133 Å². The molecule has 260 valence electrons. The van der Waals surface area contributed by atoms with Crippen molar-refractivity contribution < 1.29 is 21.7 Å². The van der Waals surface area contributed by atoms with E-state index < -0.39 is 48.4 Å². The standard InChI is InChI=1S/C27H59BS2Si6.2C5H5.Ti/c1-31(2,3)25(32(4,5)6)21-19-22(26(33(7,8)9)34(10,11)12)24(28(29)30)23(20-21)27(35(13,14)15)36(16,17)18;2*1-2-4-5-3-1;/h19-20,25-27H,1-18H3;2*1-5H;/q-2;2*-1;+4. The maximum Gasteiger partial charge on any atom is 4.00 e. The largest absolute Gasteiger partial charge is 4.00 e. The molecule has 3 aromatic carbocycles. The van der Waals surface area contributed by atoms with Crippen LogP contribution in [0.2, 0.25) is 118 Å². The first-order chi connectivity index (χ1) is 20.5. The average molecular weight is 805 g/mol. The zero-order valence-corrected chi connectivity index (χ0v) is 42.7. The molecule has 0 spiro atoms. The van der Waals surface area contributed by atoms with E-state index >= 15 is 0 Å². The van der Waals surface area contributed by atoms with Gasteiger partial charge in [0.2, 0.25) is 0 Å². The maximum absolute atomic E-state index is 6.10. The first-order valence-electron chi connectivity index (χ1n) is 17.3. The van der Waals surface area contributed by atoms with Gasteiger partial charge in [0, 0.05) is 48.4 Å². The topological polar surface area (TPSA) is 0 Å². The van der Waals surface area contributed by atoms with E-state index in [-0.39, 0.29) is 27.0 Å². The fourth-order valence-corrected chi connectivity index (χ4v) is 47.8. The summed E-state index contributed by atoms with van der Waals surface area (Å²) in [6.07, 6.45) is 0. The van der Waals surface area contributed by atoms with E-state index in [9.17, 15) is 0 Å². The summed E-state index contributed by atoms with van der Waals surface area (Å²) in [5.41, 5.74) is 6.30. The van der Waals surface area contributed by atoms with E-state index in [4.69, 9.17) is 25.0 Å². The number of rotatable bonds is 10. The van der Waals surface area contributed by atoms with Gasteiger partial charge < -0.3 is 25.0 Å². The SMILES string of the molecule is C[Si](C)(C)C(c1cc(C([Si](C)(C)C)[Si](C)(C)C)c(B([S-])[S-])c(C([Si](C)(C)C)[Si](C)(C)C)c1)[Si](C)(C)C.[Ti+4].c1cc[cH-]c1.c1cc[cH-]c1.